The van der Waals surface area contributed by atoms with Gasteiger partial charge in [-0.15, -0.1) is 0 Å². The molecule has 2 aliphatic carbocycles. The molecular weight excluding hydrogens is 627 g/mol. The number of rotatable bonds is 7. The highest BCUT2D eigenvalue weighted by atomic mass is 15.1. The van der Waals surface area contributed by atoms with Crippen LogP contribution in [-0.2, 0) is 5.41 Å². The van der Waals surface area contributed by atoms with Gasteiger partial charge in [0.2, 0.25) is 0 Å². The molecule has 0 fully saturated rings. The van der Waals surface area contributed by atoms with Gasteiger partial charge in [-0.3, -0.25) is 0 Å². The van der Waals surface area contributed by atoms with E-state index in [9.17, 15) is 0 Å². The molecule has 1 nitrogen and oxygen atoms in total. The minimum absolute atomic E-state index is 0.409. The predicted molar refractivity (Wildman–Crippen MR) is 220 cm³/mol. The van der Waals surface area contributed by atoms with Crippen molar-refractivity contribution in [1.82, 2.24) is 0 Å². The Hall–Kier alpha value is -6.44. The lowest BCUT2D eigenvalue weighted by molar-refractivity contribution is 0.793. The molecule has 7 aromatic carbocycles. The summed E-state index contributed by atoms with van der Waals surface area (Å²) in [6.07, 6.45) is 4.23. The van der Waals surface area contributed by atoms with Crippen molar-refractivity contribution in [2.45, 2.75) is 19.3 Å². The van der Waals surface area contributed by atoms with Gasteiger partial charge in [-0.2, -0.15) is 0 Å². The van der Waals surface area contributed by atoms with Crippen molar-refractivity contribution in [3.8, 4) is 33.4 Å². The molecule has 1 spiro atoms. The number of allylic oxidation sites excluding steroid dienone is 5. The van der Waals surface area contributed by atoms with E-state index in [0.717, 1.165) is 22.5 Å². The van der Waals surface area contributed by atoms with Crippen LogP contribution in [0.1, 0.15) is 41.7 Å². The molecule has 2 aliphatic rings. The van der Waals surface area contributed by atoms with Crippen molar-refractivity contribution >= 4 is 16.9 Å². The van der Waals surface area contributed by atoms with Crippen LogP contribution in [0.2, 0.25) is 0 Å². The summed E-state index contributed by atoms with van der Waals surface area (Å²) in [5.41, 5.74) is 19.4. The van der Waals surface area contributed by atoms with Crippen LogP contribution in [0.15, 0.2) is 206 Å². The lowest BCUT2D eigenvalue weighted by Crippen LogP contribution is -2.26. The molecule has 0 atom stereocenters. The average Bonchev–Trinajstić information content (AvgIpc) is 3.69. The van der Waals surface area contributed by atoms with Crippen LogP contribution in [-0.4, -0.2) is 0 Å². The molecule has 0 unspecified atom stereocenters. The third-order valence-electron chi connectivity index (χ3n) is 11.1. The van der Waals surface area contributed by atoms with Gasteiger partial charge in [0.05, 0.1) is 11.1 Å². The van der Waals surface area contributed by atoms with Gasteiger partial charge in [0.15, 0.2) is 0 Å². The summed E-state index contributed by atoms with van der Waals surface area (Å²) in [5, 5.41) is 0. The first-order valence-corrected chi connectivity index (χ1v) is 18.1. The normalized spacial score (nSPS) is 13.8. The number of hydrogen-bond donors (Lipinski definition) is 0. The molecule has 9 rings (SSSR count). The minimum atomic E-state index is -0.409. The first-order chi connectivity index (χ1) is 25.6. The van der Waals surface area contributed by atoms with Gasteiger partial charge in [-0.25, -0.2) is 0 Å². The lowest BCUT2D eigenvalue weighted by Gasteiger charge is -2.32. The quantitative estimate of drug-likeness (QED) is 0.153. The molecule has 1 heteroatoms. The Bertz CT molecular complexity index is 2490. The Kier molecular flexibility index (Phi) is 7.71. The largest absolute Gasteiger partial charge is 0.314 e. The zero-order chi connectivity index (χ0) is 35.2. The lowest BCUT2D eigenvalue weighted by atomic mass is 9.70. The second-order valence-corrected chi connectivity index (χ2v) is 13.8. The zero-order valence-corrected chi connectivity index (χ0v) is 29.6. The van der Waals surface area contributed by atoms with E-state index < -0.39 is 5.41 Å². The number of anilines is 2. The van der Waals surface area contributed by atoms with E-state index in [-0.39, 0.29) is 0 Å². The topological polar surface area (TPSA) is 3.24 Å². The monoisotopic (exact) mass is 665 g/mol. The molecule has 0 aliphatic heterocycles. The summed E-state index contributed by atoms with van der Waals surface area (Å²) in [6, 6.07) is 64.2. The van der Waals surface area contributed by atoms with Crippen LogP contribution in [0.25, 0.3) is 39.0 Å². The highest BCUT2D eigenvalue weighted by Crippen LogP contribution is 2.64. The van der Waals surface area contributed by atoms with Crippen molar-refractivity contribution in [2.75, 3.05) is 4.90 Å². The molecule has 0 bridgehead atoms. The Morgan fingerprint density at radius 2 is 1.00 bits per heavy atom. The van der Waals surface area contributed by atoms with Crippen LogP contribution in [0.5, 0.6) is 0 Å². The number of fused-ring (bicyclic) bond motifs is 10. The first-order valence-electron chi connectivity index (χ1n) is 18.1. The number of nitrogens with zero attached hydrogens (tertiary/aromatic N) is 1. The van der Waals surface area contributed by atoms with Crippen LogP contribution >= 0.6 is 0 Å². The summed E-state index contributed by atoms with van der Waals surface area (Å²) in [6.45, 7) is 8.66. The van der Waals surface area contributed by atoms with Crippen LogP contribution in [0, 0.1) is 0 Å². The second-order valence-electron chi connectivity index (χ2n) is 13.8. The summed E-state index contributed by atoms with van der Waals surface area (Å²) in [5.74, 6) is 0. The highest BCUT2D eigenvalue weighted by Gasteiger charge is 2.52. The third kappa shape index (κ3) is 4.77. The van der Waals surface area contributed by atoms with Gasteiger partial charge in [-0.1, -0.05) is 170 Å². The maximum Gasteiger partial charge on any atom is 0.0726 e. The maximum absolute atomic E-state index is 4.19. The molecule has 0 saturated heterocycles. The summed E-state index contributed by atoms with van der Waals surface area (Å²) in [7, 11) is 0. The Morgan fingerprint density at radius 3 is 1.62 bits per heavy atom. The number of benzene rings is 7. The number of hydrogen-bond acceptors (Lipinski definition) is 1. The molecule has 0 aromatic heterocycles. The smallest absolute Gasteiger partial charge is 0.0726 e. The fourth-order valence-electron chi connectivity index (χ4n) is 8.66. The summed E-state index contributed by atoms with van der Waals surface area (Å²) in [4.78, 5) is 2.47. The van der Waals surface area contributed by atoms with Gasteiger partial charge in [-0.05, 0) is 105 Å². The van der Waals surface area contributed by atoms with Crippen molar-refractivity contribution in [3.63, 3.8) is 0 Å². The van der Waals surface area contributed by atoms with Crippen LogP contribution in [0.3, 0.4) is 0 Å². The molecular formula is C51H39N. The van der Waals surface area contributed by atoms with Gasteiger partial charge >= 0.3 is 0 Å². The summed E-state index contributed by atoms with van der Waals surface area (Å²) >= 11 is 0. The van der Waals surface area contributed by atoms with E-state index in [1.807, 2.05) is 6.08 Å². The highest BCUT2D eigenvalue weighted by molar-refractivity contribution is 6.00. The van der Waals surface area contributed by atoms with E-state index in [4.69, 9.17) is 0 Å². The minimum Gasteiger partial charge on any atom is -0.314 e. The molecule has 52 heavy (non-hydrogen) atoms. The van der Waals surface area contributed by atoms with Gasteiger partial charge in [0, 0.05) is 16.9 Å². The van der Waals surface area contributed by atoms with E-state index in [0.29, 0.717) is 0 Å². The van der Waals surface area contributed by atoms with E-state index in [1.165, 1.54) is 66.9 Å². The SMILES string of the molecule is C=C/C(=C\C(C)=C(/C)N(c1ccc(-c2ccccc2)cc1)c1cccc2c1-c1ccccc1C21c2ccccc2-c2ccccc21)c1ccccc1. The molecule has 0 saturated carbocycles. The fourth-order valence-corrected chi connectivity index (χ4v) is 8.66. The van der Waals surface area contributed by atoms with Crippen molar-refractivity contribution in [3.05, 3.63) is 234 Å². The van der Waals surface area contributed by atoms with Crippen LogP contribution < -0.4 is 4.90 Å². The maximum atomic E-state index is 4.19. The fraction of sp³-hybridized carbons (Fsp3) is 0.0588. The predicted octanol–water partition coefficient (Wildman–Crippen LogP) is 13.4. The van der Waals surface area contributed by atoms with Gasteiger partial charge in [0.1, 0.15) is 0 Å². The zero-order valence-electron chi connectivity index (χ0n) is 29.6. The summed E-state index contributed by atoms with van der Waals surface area (Å²) < 4.78 is 0. The molecule has 0 heterocycles. The molecule has 0 amide bonds. The average molecular weight is 666 g/mol. The van der Waals surface area contributed by atoms with Crippen molar-refractivity contribution in [2.24, 2.45) is 0 Å². The molecule has 0 N–H and O–H groups in total. The third-order valence-corrected chi connectivity index (χ3v) is 11.1. The molecule has 0 radical (unpaired) electrons. The first kappa shape index (κ1) is 31.5. The molecule has 7 aromatic rings. The standard InChI is InChI=1S/C51H39N/c1-4-37(38-18-7-5-8-19-38)34-35(2)36(3)52(41-32-30-40(31-33-41)39-20-9-6-10-21-39)49-29-17-28-48-50(49)44-24-13-16-27-47(44)51(48)45-25-14-11-22-42(45)43-23-12-15-26-46(43)51/h4-34H,1H2,2-3H3/b36-35+,37-34+. The van der Waals surface area contributed by atoms with Crippen LogP contribution in [0.4, 0.5) is 11.4 Å². The Balaban J connectivity index is 1.31. The van der Waals surface area contributed by atoms with E-state index in [2.05, 4.69) is 207 Å². The van der Waals surface area contributed by atoms with Crippen molar-refractivity contribution in [1.29, 1.82) is 0 Å². The molecule has 248 valence electrons. The Labute approximate surface area is 307 Å². The Morgan fingerprint density at radius 1 is 0.500 bits per heavy atom. The second kappa shape index (κ2) is 12.7. The van der Waals surface area contributed by atoms with Gasteiger partial charge < -0.3 is 4.90 Å². The van der Waals surface area contributed by atoms with Crippen molar-refractivity contribution < 1.29 is 0 Å². The van der Waals surface area contributed by atoms with Gasteiger partial charge in [0.25, 0.3) is 0 Å². The van der Waals surface area contributed by atoms with E-state index >= 15 is 0 Å². The van der Waals surface area contributed by atoms with E-state index in [1.54, 1.807) is 0 Å².